The minimum absolute atomic E-state index is 0. The zero-order valence-corrected chi connectivity index (χ0v) is 25.9. The van der Waals surface area contributed by atoms with Gasteiger partial charge in [0.15, 0.2) is 23.0 Å². The number of rotatable bonds is 10. The summed E-state index contributed by atoms with van der Waals surface area (Å²) >= 11 is 0. The summed E-state index contributed by atoms with van der Waals surface area (Å²) in [6, 6.07) is 11.4. The van der Waals surface area contributed by atoms with Gasteiger partial charge in [0.2, 0.25) is 11.8 Å². The van der Waals surface area contributed by atoms with Gasteiger partial charge >= 0.3 is 0 Å². The highest BCUT2D eigenvalue weighted by atomic mass is 35.5. The van der Waals surface area contributed by atoms with Gasteiger partial charge in [0.25, 0.3) is 0 Å². The summed E-state index contributed by atoms with van der Waals surface area (Å²) in [5.41, 5.74) is 1.88. The number of carbonyl (C=O) groups excluding carboxylic acids is 2. The van der Waals surface area contributed by atoms with Gasteiger partial charge in [-0.25, -0.2) is 0 Å². The molecule has 2 fully saturated rings. The first-order valence-electron chi connectivity index (χ1n) is 13.9. The highest BCUT2D eigenvalue weighted by Crippen LogP contribution is 2.29. The van der Waals surface area contributed by atoms with Crippen LogP contribution in [0.2, 0.25) is 0 Å². The van der Waals surface area contributed by atoms with E-state index in [9.17, 15) is 9.59 Å². The van der Waals surface area contributed by atoms with Crippen LogP contribution in [0.5, 0.6) is 23.0 Å². The van der Waals surface area contributed by atoms with Crippen molar-refractivity contribution in [3.63, 3.8) is 0 Å². The number of halogens is 1. The van der Waals surface area contributed by atoms with E-state index in [0.29, 0.717) is 49.2 Å². The molecule has 0 aliphatic carbocycles. The molecule has 0 radical (unpaired) electrons. The number of allylic oxidation sites excluding steroid dienone is 4. The van der Waals surface area contributed by atoms with Gasteiger partial charge in [-0.15, -0.1) is 12.4 Å². The van der Waals surface area contributed by atoms with Gasteiger partial charge in [-0.3, -0.25) is 14.5 Å². The van der Waals surface area contributed by atoms with Crippen LogP contribution in [-0.2, 0) is 9.59 Å². The lowest BCUT2D eigenvalue weighted by Crippen LogP contribution is -2.63. The maximum absolute atomic E-state index is 12.9. The summed E-state index contributed by atoms with van der Waals surface area (Å²) in [4.78, 5) is 31.9. The number of piperazine rings is 2. The molecule has 0 N–H and O–H groups in total. The standard InChI is InChI=1S/C33H39N3O6.ClH/c1-39-28-15-13-25(21-30(28)41-3)9-5-7-11-32(37)35-19-17-34-18-20-36(24-27(34)23-35)33(38)12-8-6-10-26-14-16-29(40-2)31(22-26)42-4;/h5-16,21-22,27H,17-20,23-24H2,1-4H3;1H/b9-5+,10-6+,11-7+,12-8+;. The Balaban J connectivity index is 0.00000506. The number of nitrogens with zero attached hydrogens (tertiary/aromatic N) is 3. The van der Waals surface area contributed by atoms with Gasteiger partial charge in [-0.1, -0.05) is 48.6 Å². The third kappa shape index (κ3) is 8.89. The van der Waals surface area contributed by atoms with Crippen molar-refractivity contribution in [1.82, 2.24) is 14.7 Å². The molecule has 2 amide bonds. The van der Waals surface area contributed by atoms with E-state index in [1.165, 1.54) is 0 Å². The fraction of sp³-hybridized carbons (Fsp3) is 0.333. The molecule has 2 saturated heterocycles. The topological polar surface area (TPSA) is 80.8 Å². The molecule has 2 aliphatic rings. The number of fused-ring (bicyclic) bond motifs is 1. The number of benzene rings is 2. The number of hydrogen-bond donors (Lipinski definition) is 0. The van der Waals surface area contributed by atoms with Gasteiger partial charge in [0.1, 0.15) is 0 Å². The molecule has 43 heavy (non-hydrogen) atoms. The molecule has 10 heteroatoms. The molecule has 0 atom stereocenters. The third-order valence-corrected chi connectivity index (χ3v) is 7.41. The van der Waals surface area contributed by atoms with Gasteiger partial charge in [0.05, 0.1) is 28.4 Å². The number of ether oxygens (including phenoxy) is 4. The second-order valence-corrected chi connectivity index (χ2v) is 9.92. The molecule has 0 bridgehead atoms. The molecule has 0 unspecified atom stereocenters. The SMILES string of the molecule is COc1ccc(/C=C/C=C/C(=O)N2CCN3CCN(C(=O)/C=C/C=C/c4ccc(OC)c(OC)c4)CC3C2)cc1OC.Cl. The fourth-order valence-electron chi connectivity index (χ4n) is 5.09. The van der Waals surface area contributed by atoms with Crippen molar-refractivity contribution in [2.45, 2.75) is 6.04 Å². The molecular formula is C33H40ClN3O6. The van der Waals surface area contributed by atoms with Crippen molar-refractivity contribution in [3.05, 3.63) is 84.0 Å². The Labute approximate surface area is 260 Å². The molecule has 2 aromatic rings. The van der Waals surface area contributed by atoms with E-state index in [4.69, 9.17) is 18.9 Å². The molecule has 0 spiro atoms. The second kappa shape index (κ2) is 16.4. The van der Waals surface area contributed by atoms with Gasteiger partial charge in [-0.2, -0.15) is 0 Å². The van der Waals surface area contributed by atoms with E-state index in [2.05, 4.69) is 4.90 Å². The Morgan fingerprint density at radius 1 is 0.628 bits per heavy atom. The predicted molar refractivity (Wildman–Crippen MR) is 171 cm³/mol. The van der Waals surface area contributed by atoms with Crippen molar-refractivity contribution in [2.24, 2.45) is 0 Å². The average molecular weight is 610 g/mol. The maximum Gasteiger partial charge on any atom is 0.246 e. The van der Waals surface area contributed by atoms with E-state index in [0.717, 1.165) is 24.2 Å². The molecule has 2 heterocycles. The normalized spacial score (nSPS) is 16.1. The molecule has 9 nitrogen and oxygen atoms in total. The Morgan fingerprint density at radius 2 is 1.05 bits per heavy atom. The highest BCUT2D eigenvalue weighted by molar-refractivity contribution is 5.89. The molecule has 0 saturated carbocycles. The predicted octanol–water partition coefficient (Wildman–Crippen LogP) is 4.34. The summed E-state index contributed by atoms with van der Waals surface area (Å²) in [7, 11) is 6.40. The number of hydrogen-bond acceptors (Lipinski definition) is 7. The van der Waals surface area contributed by atoms with E-state index < -0.39 is 0 Å². The largest absolute Gasteiger partial charge is 0.493 e. The average Bonchev–Trinajstić information content (AvgIpc) is 3.03. The van der Waals surface area contributed by atoms with Crippen molar-refractivity contribution in [2.75, 3.05) is 67.7 Å². The number of amides is 2. The van der Waals surface area contributed by atoms with Crippen LogP contribution in [0.4, 0.5) is 0 Å². The summed E-state index contributed by atoms with van der Waals surface area (Å²) in [6.07, 6.45) is 14.2. The van der Waals surface area contributed by atoms with Crippen LogP contribution < -0.4 is 18.9 Å². The van der Waals surface area contributed by atoms with E-state index in [-0.39, 0.29) is 30.3 Å². The molecule has 2 aliphatic heterocycles. The van der Waals surface area contributed by atoms with Crippen molar-refractivity contribution in [3.8, 4) is 23.0 Å². The zero-order chi connectivity index (χ0) is 29.9. The molecule has 230 valence electrons. The van der Waals surface area contributed by atoms with Crippen LogP contribution >= 0.6 is 12.4 Å². The van der Waals surface area contributed by atoms with Crippen LogP contribution in [0, 0.1) is 0 Å². The third-order valence-electron chi connectivity index (χ3n) is 7.41. The lowest BCUT2D eigenvalue weighted by molar-refractivity contribution is -0.133. The molecular weight excluding hydrogens is 570 g/mol. The molecule has 0 aromatic heterocycles. The van der Waals surface area contributed by atoms with Crippen LogP contribution in [0.15, 0.2) is 72.9 Å². The van der Waals surface area contributed by atoms with Crippen molar-refractivity contribution >= 4 is 36.4 Å². The monoisotopic (exact) mass is 609 g/mol. The van der Waals surface area contributed by atoms with Crippen LogP contribution in [0.25, 0.3) is 12.2 Å². The first-order valence-corrected chi connectivity index (χ1v) is 13.9. The molecule has 2 aromatic carbocycles. The summed E-state index contributed by atoms with van der Waals surface area (Å²) < 4.78 is 21.2. The number of carbonyl (C=O) groups is 2. The molecule has 4 rings (SSSR count). The smallest absolute Gasteiger partial charge is 0.246 e. The quantitative estimate of drug-likeness (QED) is 0.293. The van der Waals surface area contributed by atoms with Crippen LogP contribution in [-0.4, -0.2) is 100 Å². The van der Waals surface area contributed by atoms with Crippen LogP contribution in [0.1, 0.15) is 11.1 Å². The fourth-order valence-corrected chi connectivity index (χ4v) is 5.09. The van der Waals surface area contributed by atoms with E-state index >= 15 is 0 Å². The van der Waals surface area contributed by atoms with E-state index in [1.807, 2.05) is 70.5 Å². The highest BCUT2D eigenvalue weighted by Gasteiger charge is 2.34. The Bertz CT molecular complexity index is 1270. The summed E-state index contributed by atoms with van der Waals surface area (Å²) in [6.45, 7) is 4.14. The first-order chi connectivity index (χ1) is 20.4. The zero-order valence-electron chi connectivity index (χ0n) is 25.1. The summed E-state index contributed by atoms with van der Waals surface area (Å²) in [5.74, 6) is 2.58. The van der Waals surface area contributed by atoms with Gasteiger partial charge < -0.3 is 28.7 Å². The lowest BCUT2D eigenvalue weighted by Gasteiger charge is -2.46. The Morgan fingerprint density at radius 3 is 1.44 bits per heavy atom. The van der Waals surface area contributed by atoms with Crippen LogP contribution in [0.3, 0.4) is 0 Å². The minimum Gasteiger partial charge on any atom is -0.493 e. The second-order valence-electron chi connectivity index (χ2n) is 9.92. The van der Waals surface area contributed by atoms with Gasteiger partial charge in [0, 0.05) is 57.5 Å². The summed E-state index contributed by atoms with van der Waals surface area (Å²) in [5, 5.41) is 0. The first kappa shape index (κ1) is 33.3. The van der Waals surface area contributed by atoms with Gasteiger partial charge in [-0.05, 0) is 35.4 Å². The Hall–Kier alpha value is -4.21. The number of methoxy groups -OCH3 is 4. The van der Waals surface area contributed by atoms with Crippen molar-refractivity contribution in [1.29, 1.82) is 0 Å². The van der Waals surface area contributed by atoms with E-state index in [1.54, 1.807) is 52.7 Å². The van der Waals surface area contributed by atoms with Crippen molar-refractivity contribution < 1.29 is 28.5 Å². The lowest BCUT2D eigenvalue weighted by atomic mass is 10.1. The minimum atomic E-state index is -0.0322. The maximum atomic E-state index is 12.9. The Kier molecular flexibility index (Phi) is 12.7.